The Morgan fingerprint density at radius 2 is 1.41 bits per heavy atom. The van der Waals surface area contributed by atoms with Crippen molar-refractivity contribution < 1.29 is 19.4 Å². The minimum Gasteiger partial charge on any atom is -0.317 e. The number of nitrogens with one attached hydrogen (secondary N) is 2. The van der Waals surface area contributed by atoms with Crippen molar-refractivity contribution in [2.45, 2.75) is 0 Å². The minimum absolute atomic E-state index is 0.0433. The molecular formula is C27H20N6O6. The molecule has 0 aliphatic rings. The smallest absolute Gasteiger partial charge is 0.287 e. The van der Waals surface area contributed by atoms with Gasteiger partial charge in [0.15, 0.2) is 0 Å². The molecule has 12 heteroatoms. The fourth-order valence-corrected chi connectivity index (χ4v) is 3.49. The van der Waals surface area contributed by atoms with Crippen LogP contribution in [0, 0.1) is 20.2 Å². The quantitative estimate of drug-likeness (QED) is 0.144. The zero-order valence-corrected chi connectivity index (χ0v) is 20.1. The molecule has 0 aliphatic carbocycles. The maximum absolute atomic E-state index is 13.0. The first kappa shape index (κ1) is 26.2. The number of hydrogen-bond donors (Lipinski definition) is 2. The van der Waals surface area contributed by atoms with Crippen LogP contribution >= 0.6 is 0 Å². The van der Waals surface area contributed by atoms with E-state index in [1.165, 1.54) is 48.7 Å². The Kier molecular flexibility index (Phi) is 7.97. The highest BCUT2D eigenvalue weighted by Gasteiger charge is 2.15. The lowest BCUT2D eigenvalue weighted by Crippen LogP contribution is -2.32. The summed E-state index contributed by atoms with van der Waals surface area (Å²) >= 11 is 0. The second-order valence-electron chi connectivity index (χ2n) is 8.00. The number of nitro benzene ring substituents is 2. The first-order valence-electron chi connectivity index (χ1n) is 11.4. The molecule has 1 heterocycles. The van der Waals surface area contributed by atoms with E-state index >= 15 is 0 Å². The molecule has 0 unspecified atom stereocenters. The number of aromatic nitrogens is 1. The molecule has 39 heavy (non-hydrogen) atoms. The molecule has 3 aromatic carbocycles. The van der Waals surface area contributed by atoms with Crippen molar-refractivity contribution in [2.75, 3.05) is 0 Å². The van der Waals surface area contributed by atoms with Crippen LogP contribution in [0.2, 0.25) is 0 Å². The second-order valence-corrected chi connectivity index (χ2v) is 8.00. The van der Waals surface area contributed by atoms with Gasteiger partial charge in [-0.2, -0.15) is 5.10 Å². The third kappa shape index (κ3) is 6.65. The highest BCUT2D eigenvalue weighted by atomic mass is 16.6. The molecule has 12 nitrogen and oxygen atoms in total. The van der Waals surface area contributed by atoms with Crippen molar-refractivity contribution in [1.82, 2.24) is 15.3 Å². The Morgan fingerprint density at radius 3 is 2.03 bits per heavy atom. The number of hydrogen-bond acceptors (Lipinski definition) is 7. The van der Waals surface area contributed by atoms with E-state index < -0.39 is 21.7 Å². The first-order valence-corrected chi connectivity index (χ1v) is 11.4. The highest BCUT2D eigenvalue weighted by Crippen LogP contribution is 2.17. The van der Waals surface area contributed by atoms with Crippen LogP contribution in [-0.4, -0.2) is 32.4 Å². The summed E-state index contributed by atoms with van der Waals surface area (Å²) < 4.78 is 1.71. The minimum atomic E-state index is -0.734. The third-order valence-corrected chi connectivity index (χ3v) is 5.43. The van der Waals surface area contributed by atoms with E-state index in [4.69, 9.17) is 0 Å². The predicted molar refractivity (Wildman–Crippen MR) is 143 cm³/mol. The van der Waals surface area contributed by atoms with Crippen LogP contribution in [0.25, 0.3) is 11.8 Å². The van der Waals surface area contributed by atoms with Gasteiger partial charge in [-0.05, 0) is 60.2 Å². The van der Waals surface area contributed by atoms with Crippen molar-refractivity contribution in [3.8, 4) is 5.69 Å². The molecule has 0 bridgehead atoms. The zero-order chi connectivity index (χ0) is 27.8. The molecule has 0 aliphatic heterocycles. The second kappa shape index (κ2) is 11.9. The number of nitro groups is 2. The van der Waals surface area contributed by atoms with Crippen LogP contribution in [0.4, 0.5) is 11.4 Å². The largest absolute Gasteiger partial charge is 0.317 e. The SMILES string of the molecule is O=C(NN=Cc1cccn1-c1ccc([N+](=O)[O-])cc1)C(=Cc1ccc([N+](=O)[O-])cc1)NC(=O)c1ccccc1. The summed E-state index contributed by atoms with van der Waals surface area (Å²) in [6.07, 6.45) is 4.47. The summed E-state index contributed by atoms with van der Waals surface area (Å²) in [5, 5.41) is 28.4. The van der Waals surface area contributed by atoms with E-state index in [2.05, 4.69) is 15.8 Å². The maximum Gasteiger partial charge on any atom is 0.287 e. The molecule has 0 radical (unpaired) electrons. The van der Waals surface area contributed by atoms with Crippen LogP contribution in [0.3, 0.4) is 0 Å². The van der Waals surface area contributed by atoms with E-state index in [1.807, 2.05) is 0 Å². The normalized spacial score (nSPS) is 11.2. The number of carbonyl (C=O) groups is 2. The van der Waals surface area contributed by atoms with Gasteiger partial charge in [-0.3, -0.25) is 29.8 Å². The average Bonchev–Trinajstić information content (AvgIpc) is 3.42. The summed E-state index contributed by atoms with van der Waals surface area (Å²) in [6.45, 7) is 0. The van der Waals surface area contributed by atoms with Crippen molar-refractivity contribution in [3.05, 3.63) is 140 Å². The van der Waals surface area contributed by atoms with Crippen molar-refractivity contribution in [1.29, 1.82) is 0 Å². The van der Waals surface area contributed by atoms with E-state index in [9.17, 15) is 29.8 Å². The van der Waals surface area contributed by atoms with Gasteiger partial charge in [0.2, 0.25) is 0 Å². The van der Waals surface area contributed by atoms with Gasteiger partial charge in [0.05, 0.1) is 21.8 Å². The molecule has 2 amide bonds. The van der Waals surface area contributed by atoms with Crippen LogP contribution in [0.5, 0.6) is 0 Å². The number of carbonyl (C=O) groups excluding carboxylic acids is 2. The van der Waals surface area contributed by atoms with E-state index in [1.54, 1.807) is 65.4 Å². The monoisotopic (exact) mass is 524 g/mol. The summed E-state index contributed by atoms with van der Waals surface area (Å²) in [5.41, 5.74) is 4.04. The predicted octanol–water partition coefficient (Wildman–Crippen LogP) is 4.21. The summed E-state index contributed by atoms with van der Waals surface area (Å²) in [4.78, 5) is 46.5. The fraction of sp³-hybridized carbons (Fsp3) is 0. The summed E-state index contributed by atoms with van der Waals surface area (Å²) in [5.74, 6) is -1.27. The number of amides is 2. The maximum atomic E-state index is 13.0. The van der Waals surface area contributed by atoms with Gasteiger partial charge in [0.1, 0.15) is 5.70 Å². The van der Waals surface area contributed by atoms with Crippen molar-refractivity contribution in [3.63, 3.8) is 0 Å². The molecule has 4 aromatic rings. The molecule has 0 saturated carbocycles. The van der Waals surface area contributed by atoms with Crippen molar-refractivity contribution in [2.24, 2.45) is 5.10 Å². The lowest BCUT2D eigenvalue weighted by Gasteiger charge is -2.09. The van der Waals surface area contributed by atoms with Crippen LogP contribution in [0.15, 0.2) is 108 Å². The number of non-ortho nitro benzene ring substituents is 2. The standard InChI is InChI=1S/C27H20N6O6/c34-26(20-5-2-1-3-6-20)29-25(17-19-8-10-22(11-9-19)32(36)37)27(35)30-28-18-24-7-4-16-31(24)21-12-14-23(15-13-21)33(38)39/h1-18H,(H,29,34)(H,30,35). The van der Waals surface area contributed by atoms with Crippen LogP contribution in [-0.2, 0) is 4.79 Å². The Labute approximate surface area is 221 Å². The molecule has 1 aromatic heterocycles. The number of rotatable bonds is 9. The van der Waals surface area contributed by atoms with Gasteiger partial charge >= 0.3 is 0 Å². The molecule has 4 rings (SSSR count). The Bertz CT molecular complexity index is 1580. The van der Waals surface area contributed by atoms with Gasteiger partial charge in [-0.15, -0.1) is 0 Å². The Balaban J connectivity index is 1.54. The van der Waals surface area contributed by atoms with E-state index in [-0.39, 0.29) is 17.1 Å². The van der Waals surface area contributed by atoms with Gasteiger partial charge in [0, 0.05) is 41.7 Å². The summed E-state index contributed by atoms with van der Waals surface area (Å²) in [7, 11) is 0. The lowest BCUT2D eigenvalue weighted by atomic mass is 10.1. The van der Waals surface area contributed by atoms with Crippen molar-refractivity contribution >= 4 is 35.5 Å². The molecule has 2 N–H and O–H groups in total. The molecule has 194 valence electrons. The highest BCUT2D eigenvalue weighted by molar-refractivity contribution is 6.05. The third-order valence-electron chi connectivity index (χ3n) is 5.43. The zero-order valence-electron chi connectivity index (χ0n) is 20.1. The Hall–Kier alpha value is -5.91. The molecule has 0 spiro atoms. The van der Waals surface area contributed by atoms with Gasteiger partial charge in [-0.25, -0.2) is 5.43 Å². The molecular weight excluding hydrogens is 504 g/mol. The number of nitrogens with zero attached hydrogens (tertiary/aromatic N) is 4. The number of benzene rings is 3. The fourth-order valence-electron chi connectivity index (χ4n) is 3.49. The van der Waals surface area contributed by atoms with Gasteiger partial charge in [0.25, 0.3) is 23.2 Å². The molecule has 0 atom stereocenters. The van der Waals surface area contributed by atoms with Gasteiger partial charge in [-0.1, -0.05) is 18.2 Å². The molecule has 0 fully saturated rings. The average molecular weight is 524 g/mol. The van der Waals surface area contributed by atoms with Gasteiger partial charge < -0.3 is 9.88 Å². The summed E-state index contributed by atoms with van der Waals surface area (Å²) in [6, 6.07) is 23.1. The van der Waals surface area contributed by atoms with Crippen LogP contribution in [0.1, 0.15) is 21.6 Å². The number of hydrazone groups is 1. The topological polar surface area (TPSA) is 162 Å². The first-order chi connectivity index (χ1) is 18.8. The van der Waals surface area contributed by atoms with E-state index in [0.29, 0.717) is 22.5 Å². The molecule has 0 saturated heterocycles. The Morgan fingerprint density at radius 1 is 0.795 bits per heavy atom. The van der Waals surface area contributed by atoms with E-state index in [0.717, 1.165) is 0 Å². The van der Waals surface area contributed by atoms with Crippen LogP contribution < -0.4 is 10.7 Å². The lowest BCUT2D eigenvalue weighted by molar-refractivity contribution is -0.385.